The average molecular weight is 397 g/mol. The van der Waals surface area contributed by atoms with Crippen molar-refractivity contribution in [3.8, 4) is 0 Å². The summed E-state index contributed by atoms with van der Waals surface area (Å²) in [6.45, 7) is 5.88. The van der Waals surface area contributed by atoms with Gasteiger partial charge >= 0.3 is 0 Å². The molecule has 69 valence electrons. The molecule has 0 aromatic rings. The van der Waals surface area contributed by atoms with Crippen LogP contribution in [0.15, 0.2) is 21.8 Å². The smallest absolute Gasteiger partial charge is 0.0195 e. The van der Waals surface area contributed by atoms with Crippen molar-refractivity contribution in [1.82, 2.24) is 0 Å². The summed E-state index contributed by atoms with van der Waals surface area (Å²) in [4.78, 5) is 8.37. The molecule has 0 saturated carbocycles. The third-order valence-electron chi connectivity index (χ3n) is 1.23. The van der Waals surface area contributed by atoms with E-state index in [1.165, 1.54) is 0 Å². The molecule has 0 aliphatic carbocycles. The van der Waals surface area contributed by atoms with Crippen LogP contribution in [0.2, 0.25) is 0 Å². The maximum absolute atomic E-state index is 4.23. The quantitative estimate of drug-likeness (QED) is 0.559. The van der Waals surface area contributed by atoms with E-state index in [1.54, 1.807) is 6.21 Å². The molecule has 0 N–H and O–H groups in total. The Balaban J connectivity index is 0.000001000. The van der Waals surface area contributed by atoms with Gasteiger partial charge in [0.25, 0.3) is 0 Å². The monoisotopic (exact) mass is 397 g/mol. The van der Waals surface area contributed by atoms with Crippen LogP contribution in [0.3, 0.4) is 0 Å². The molecule has 1 aliphatic rings. The summed E-state index contributed by atoms with van der Waals surface area (Å²) in [5, 5.41) is 0. The Kier molecular flexibility index (Phi) is 2.61. The molecule has 0 spiro atoms. The molecule has 1 rings (SSSR count). The summed E-state index contributed by atoms with van der Waals surface area (Å²) in [7, 11) is 0. The molecule has 0 amide bonds. The molecule has 1 aliphatic heterocycles. The van der Waals surface area contributed by atoms with Crippen LogP contribution in [0, 0.1) is 6.04 Å². The van der Waals surface area contributed by atoms with E-state index in [2.05, 4.69) is 9.98 Å². The zero-order valence-corrected chi connectivity index (χ0v) is 8.96. The third kappa shape index (κ3) is 2.35. The maximum atomic E-state index is 4.23. The predicted molar refractivity (Wildman–Crippen MR) is 44.3 cm³/mol. The van der Waals surface area contributed by atoms with E-state index >= 15 is 0 Å². The fourth-order valence-corrected chi connectivity index (χ4v) is 0.874. The van der Waals surface area contributed by atoms with E-state index in [1.807, 2.05) is 26.8 Å². The average Bonchev–Trinajstić information content (AvgIpc) is 1.93. The topological polar surface area (TPSA) is 24.7 Å². The SMILES string of the molecule is CC1=CC(C)=N[C-](C)C=N1.[Lr]. The van der Waals surface area contributed by atoms with Gasteiger partial charge in [-0.3, -0.25) is 4.99 Å². The third-order valence-corrected chi connectivity index (χ3v) is 1.23. The number of nitrogens with zero attached hydrogens (tertiary/aromatic N) is 2. The van der Waals surface area contributed by atoms with Crippen LogP contribution in [0.4, 0.5) is 0 Å². The molecule has 0 unspecified atom stereocenters. The zero-order valence-electron chi connectivity index (χ0n) is 6.81. The Morgan fingerprint density at radius 3 is 2.64 bits per heavy atom. The van der Waals surface area contributed by atoms with Crippen LogP contribution >= 0.6 is 0 Å². The molecule has 0 aromatic carbocycles. The molecular formula is C8H11LrN2-. The van der Waals surface area contributed by atoms with Gasteiger partial charge in [-0.25, -0.2) is 0 Å². The molecule has 0 bridgehead atoms. The summed E-state index contributed by atoms with van der Waals surface area (Å²) in [6.07, 6.45) is 3.75. The number of hydrogen-bond acceptors (Lipinski definition) is 2. The standard InChI is InChI=1S/C8H11N2.Lr/c1-6-4-7(2)10-8(3)5-9-6;/h4-5H,1-3H3;/q-1;. The Labute approximate surface area is 61.4 Å². The van der Waals surface area contributed by atoms with Crippen molar-refractivity contribution in [3.63, 3.8) is 0 Å². The zero-order chi connectivity index (χ0) is 7.56. The molecular weight excluding hydrogens is 386 g/mol. The summed E-state index contributed by atoms with van der Waals surface area (Å²) in [5.74, 6) is 0. The second-order valence-corrected chi connectivity index (χ2v) is 2.44. The largest absolute Gasteiger partial charge is 0.442 e. The van der Waals surface area contributed by atoms with Gasteiger partial charge in [-0.2, -0.15) is 0 Å². The molecule has 1 heterocycles. The van der Waals surface area contributed by atoms with Crippen LogP contribution < -0.4 is 0 Å². The first-order valence-corrected chi connectivity index (χ1v) is 3.30. The van der Waals surface area contributed by atoms with E-state index in [-0.39, 0.29) is 0 Å². The van der Waals surface area contributed by atoms with Crippen molar-refractivity contribution in [2.24, 2.45) is 9.98 Å². The number of rotatable bonds is 0. The van der Waals surface area contributed by atoms with Gasteiger partial charge in [0, 0.05) is 5.70 Å². The van der Waals surface area contributed by atoms with Crippen LogP contribution in [-0.4, -0.2) is 11.9 Å². The first kappa shape index (κ1) is 8.95. The second kappa shape index (κ2) is 3.20. The number of aliphatic imine (C=N–C) groups is 2. The fourth-order valence-electron chi connectivity index (χ4n) is 0.874. The van der Waals surface area contributed by atoms with Crippen LogP contribution in [-0.2, 0) is 0 Å². The van der Waals surface area contributed by atoms with Crippen LogP contribution in [0.25, 0.3) is 0 Å². The predicted octanol–water partition coefficient (Wildman–Crippen LogP) is 1.99. The van der Waals surface area contributed by atoms with E-state index in [9.17, 15) is 0 Å². The second-order valence-electron chi connectivity index (χ2n) is 2.44. The molecule has 3 heteroatoms. The minimum Gasteiger partial charge on any atom is -0.442 e. The number of hydrogen-bond donors (Lipinski definition) is 0. The van der Waals surface area contributed by atoms with E-state index in [4.69, 9.17) is 0 Å². The van der Waals surface area contributed by atoms with E-state index < -0.39 is 0 Å². The van der Waals surface area contributed by atoms with Gasteiger partial charge in [-0.1, -0.05) is 19.9 Å². The molecule has 0 fully saturated rings. The van der Waals surface area contributed by atoms with Gasteiger partial charge in [0.15, 0.2) is 0 Å². The van der Waals surface area contributed by atoms with Crippen molar-refractivity contribution in [3.05, 3.63) is 17.8 Å². The molecule has 2 nitrogen and oxygen atoms in total. The summed E-state index contributed by atoms with van der Waals surface area (Å²) < 4.78 is 0. The first-order valence-electron chi connectivity index (χ1n) is 3.30. The van der Waals surface area contributed by atoms with Crippen LogP contribution in [0.1, 0.15) is 20.8 Å². The molecule has 0 atom stereocenters. The van der Waals surface area contributed by atoms with Crippen LogP contribution in [0.5, 0.6) is 0 Å². The first-order chi connectivity index (χ1) is 4.68. The van der Waals surface area contributed by atoms with Crippen molar-refractivity contribution in [1.29, 1.82) is 0 Å². The fraction of sp³-hybridized carbons (Fsp3) is 0.375. The Hall–Kier alpha value is -2.05. The molecule has 1 radical (unpaired) electrons. The molecule has 0 saturated heterocycles. The number of allylic oxidation sites excluding steroid dienone is 2. The Bertz CT molecular complexity index is 216. The van der Waals surface area contributed by atoms with Gasteiger partial charge in [0.1, 0.15) is 0 Å². The normalized spacial score (nSPS) is 16.5. The van der Waals surface area contributed by atoms with Gasteiger partial charge < -0.3 is 4.99 Å². The van der Waals surface area contributed by atoms with Gasteiger partial charge in [-0.05, 0) is 13.1 Å². The van der Waals surface area contributed by atoms with Crippen molar-refractivity contribution in [2.75, 3.05) is 0 Å². The van der Waals surface area contributed by atoms with Gasteiger partial charge in [0.2, 0.25) is 0 Å². The minimum atomic E-state index is 0. The molecule has 11 heavy (non-hydrogen) atoms. The van der Waals surface area contributed by atoms with Crippen molar-refractivity contribution < 1.29 is 0 Å². The van der Waals surface area contributed by atoms with Gasteiger partial charge in [-0.15, -0.1) is 11.8 Å². The Morgan fingerprint density at radius 1 is 1.36 bits per heavy atom. The molecule has 0 aromatic heterocycles. The van der Waals surface area contributed by atoms with E-state index in [0.29, 0.717) is 0 Å². The summed E-state index contributed by atoms with van der Waals surface area (Å²) in [5.41, 5.74) is 2.03. The van der Waals surface area contributed by atoms with Crippen molar-refractivity contribution in [2.45, 2.75) is 20.8 Å². The van der Waals surface area contributed by atoms with Crippen molar-refractivity contribution >= 4 is 11.9 Å². The van der Waals surface area contributed by atoms with Gasteiger partial charge in [0.05, 0.1) is 0 Å². The Morgan fingerprint density at radius 2 is 2.00 bits per heavy atom. The maximum Gasteiger partial charge on any atom is 0.0195 e. The minimum absolute atomic E-state index is 0. The summed E-state index contributed by atoms with van der Waals surface area (Å²) in [6, 6.07) is 0.964. The summed E-state index contributed by atoms with van der Waals surface area (Å²) >= 11 is 0. The van der Waals surface area contributed by atoms with E-state index in [0.717, 1.165) is 17.5 Å².